The molecule has 0 bridgehead atoms. The minimum Gasteiger partial charge on any atom is -0.271 e. The van der Waals surface area contributed by atoms with Gasteiger partial charge in [0.2, 0.25) is 0 Å². The Balaban J connectivity index is 2.71. The van der Waals surface area contributed by atoms with Crippen molar-refractivity contribution in [3.63, 3.8) is 0 Å². The molecule has 0 radical (unpaired) electrons. The van der Waals surface area contributed by atoms with Crippen molar-refractivity contribution in [2.75, 3.05) is 0 Å². The predicted octanol–water partition coefficient (Wildman–Crippen LogP) is 2.93. The summed E-state index contributed by atoms with van der Waals surface area (Å²) in [6.45, 7) is 6.58. The molecule has 1 unspecified atom stereocenters. The van der Waals surface area contributed by atoms with Gasteiger partial charge in [-0.15, -0.1) is 11.3 Å². The fourth-order valence-corrected chi connectivity index (χ4v) is 2.83. The van der Waals surface area contributed by atoms with Gasteiger partial charge in [0.25, 0.3) is 0 Å². The second-order valence-electron chi connectivity index (χ2n) is 4.48. The molecule has 0 saturated carbocycles. The first-order valence-corrected chi connectivity index (χ1v) is 6.30. The zero-order valence-corrected chi connectivity index (χ0v) is 11.2. The van der Waals surface area contributed by atoms with E-state index in [1.54, 1.807) is 11.3 Å². The molecule has 1 atom stereocenters. The van der Waals surface area contributed by atoms with Crippen LogP contribution in [0, 0.1) is 5.41 Å². The fourth-order valence-electron chi connectivity index (χ4n) is 1.27. The first-order valence-electron chi connectivity index (χ1n) is 4.63. The van der Waals surface area contributed by atoms with Crippen molar-refractivity contribution in [2.45, 2.75) is 33.2 Å². The Morgan fingerprint density at radius 3 is 2.57 bits per heavy atom. The number of nitrogens with two attached hydrogens (primary N) is 1. The normalized spacial score (nSPS) is 14.4. The molecule has 0 amide bonds. The van der Waals surface area contributed by atoms with Crippen LogP contribution in [0.4, 0.5) is 0 Å². The molecule has 0 saturated heterocycles. The third kappa shape index (κ3) is 3.05. The highest BCUT2D eigenvalue weighted by Crippen LogP contribution is 2.28. The van der Waals surface area contributed by atoms with Gasteiger partial charge in [-0.1, -0.05) is 20.8 Å². The van der Waals surface area contributed by atoms with Gasteiger partial charge in [0, 0.05) is 21.8 Å². The number of hydrazine groups is 1. The zero-order valence-electron chi connectivity index (χ0n) is 8.80. The maximum Gasteiger partial charge on any atom is 0.0314 e. The lowest BCUT2D eigenvalue weighted by Crippen LogP contribution is -2.45. The van der Waals surface area contributed by atoms with Crippen LogP contribution in [0.2, 0.25) is 0 Å². The van der Waals surface area contributed by atoms with Crippen LogP contribution in [-0.2, 0) is 6.42 Å². The highest BCUT2D eigenvalue weighted by atomic mass is 79.9. The number of rotatable bonds is 3. The Labute approximate surface area is 98.0 Å². The van der Waals surface area contributed by atoms with E-state index in [1.807, 2.05) is 0 Å². The summed E-state index contributed by atoms with van der Waals surface area (Å²) in [5.74, 6) is 5.56. The van der Waals surface area contributed by atoms with Gasteiger partial charge in [-0.25, -0.2) is 0 Å². The summed E-state index contributed by atoms with van der Waals surface area (Å²) >= 11 is 5.30. The lowest BCUT2D eigenvalue weighted by Gasteiger charge is -2.29. The minimum absolute atomic E-state index is 0.179. The maximum atomic E-state index is 5.56. The maximum absolute atomic E-state index is 5.56. The molecule has 1 rings (SSSR count). The Morgan fingerprint density at radius 2 is 2.21 bits per heavy atom. The molecule has 0 fully saturated rings. The van der Waals surface area contributed by atoms with E-state index in [4.69, 9.17) is 5.84 Å². The van der Waals surface area contributed by atoms with Gasteiger partial charge >= 0.3 is 0 Å². The number of hydrogen-bond donors (Lipinski definition) is 2. The largest absolute Gasteiger partial charge is 0.271 e. The monoisotopic (exact) mass is 276 g/mol. The molecule has 0 aliphatic carbocycles. The first kappa shape index (κ1) is 12.2. The molecule has 3 N–H and O–H groups in total. The third-order valence-electron chi connectivity index (χ3n) is 2.33. The van der Waals surface area contributed by atoms with Gasteiger partial charge in [0.15, 0.2) is 0 Å². The lowest BCUT2D eigenvalue weighted by molar-refractivity contribution is 0.270. The standard InChI is InChI=1S/C10H17BrN2S/c1-10(2,3)9(13-12)6-8-7(11)4-5-14-8/h4-5,9,13H,6,12H2,1-3H3. The Kier molecular flexibility index (Phi) is 4.13. The van der Waals surface area contributed by atoms with E-state index in [0.29, 0.717) is 6.04 Å². The summed E-state index contributed by atoms with van der Waals surface area (Å²) in [5, 5.41) is 2.09. The molecule has 0 aliphatic rings. The summed E-state index contributed by atoms with van der Waals surface area (Å²) in [7, 11) is 0. The van der Waals surface area contributed by atoms with Gasteiger partial charge in [0.1, 0.15) is 0 Å². The molecule has 0 aromatic carbocycles. The fraction of sp³-hybridized carbons (Fsp3) is 0.600. The van der Waals surface area contributed by atoms with E-state index >= 15 is 0 Å². The molecule has 2 nitrogen and oxygen atoms in total. The third-order valence-corrected chi connectivity index (χ3v) is 4.28. The quantitative estimate of drug-likeness (QED) is 0.658. The van der Waals surface area contributed by atoms with Crippen LogP contribution in [0.5, 0.6) is 0 Å². The Bertz CT molecular complexity index is 291. The molecule has 0 spiro atoms. The zero-order chi connectivity index (χ0) is 10.8. The average molecular weight is 277 g/mol. The van der Waals surface area contributed by atoms with E-state index in [9.17, 15) is 0 Å². The van der Waals surface area contributed by atoms with Crippen LogP contribution in [0.25, 0.3) is 0 Å². The lowest BCUT2D eigenvalue weighted by atomic mass is 9.85. The van der Waals surface area contributed by atoms with Crippen molar-refractivity contribution < 1.29 is 0 Å². The van der Waals surface area contributed by atoms with E-state index in [0.717, 1.165) is 6.42 Å². The highest BCUT2D eigenvalue weighted by molar-refractivity contribution is 9.10. The molecule has 14 heavy (non-hydrogen) atoms. The number of nitrogens with one attached hydrogen (secondary N) is 1. The van der Waals surface area contributed by atoms with Crippen LogP contribution in [-0.4, -0.2) is 6.04 Å². The van der Waals surface area contributed by atoms with Crippen molar-refractivity contribution in [3.05, 3.63) is 20.8 Å². The van der Waals surface area contributed by atoms with Crippen molar-refractivity contribution >= 4 is 27.3 Å². The van der Waals surface area contributed by atoms with Crippen LogP contribution in [0.15, 0.2) is 15.9 Å². The summed E-state index contributed by atoms with van der Waals surface area (Å²) < 4.78 is 1.19. The smallest absolute Gasteiger partial charge is 0.0314 e. The van der Waals surface area contributed by atoms with Crippen molar-refractivity contribution in [3.8, 4) is 0 Å². The summed E-state index contributed by atoms with van der Waals surface area (Å²) in [5.41, 5.74) is 3.07. The van der Waals surface area contributed by atoms with Crippen LogP contribution in [0.3, 0.4) is 0 Å². The summed E-state index contributed by atoms with van der Waals surface area (Å²) in [6, 6.07) is 2.38. The topological polar surface area (TPSA) is 38.0 Å². The summed E-state index contributed by atoms with van der Waals surface area (Å²) in [6.07, 6.45) is 0.970. The number of halogens is 1. The SMILES string of the molecule is CC(C)(C)C(Cc1sccc1Br)NN. The molecule has 1 aromatic heterocycles. The average Bonchev–Trinajstić information content (AvgIpc) is 2.45. The molecular weight excluding hydrogens is 260 g/mol. The molecular formula is C10H17BrN2S. The van der Waals surface area contributed by atoms with Gasteiger partial charge < -0.3 is 0 Å². The molecule has 1 heterocycles. The Morgan fingerprint density at radius 1 is 1.57 bits per heavy atom. The molecule has 80 valence electrons. The minimum atomic E-state index is 0.179. The number of thiophene rings is 1. The van der Waals surface area contributed by atoms with Gasteiger partial charge in [-0.05, 0) is 32.8 Å². The van der Waals surface area contributed by atoms with Crippen molar-refractivity contribution in [1.82, 2.24) is 5.43 Å². The van der Waals surface area contributed by atoms with Gasteiger partial charge in [-0.2, -0.15) is 0 Å². The molecule has 1 aromatic rings. The van der Waals surface area contributed by atoms with Crippen LogP contribution in [0.1, 0.15) is 25.6 Å². The van der Waals surface area contributed by atoms with Gasteiger partial charge in [-0.3, -0.25) is 11.3 Å². The number of hydrogen-bond acceptors (Lipinski definition) is 3. The van der Waals surface area contributed by atoms with Crippen LogP contribution >= 0.6 is 27.3 Å². The van der Waals surface area contributed by atoms with E-state index in [2.05, 4.69) is 53.6 Å². The predicted molar refractivity (Wildman–Crippen MR) is 66.3 cm³/mol. The van der Waals surface area contributed by atoms with E-state index in [-0.39, 0.29) is 5.41 Å². The molecule has 0 aliphatic heterocycles. The second-order valence-corrected chi connectivity index (χ2v) is 6.34. The summed E-state index contributed by atoms with van der Waals surface area (Å²) in [4.78, 5) is 1.35. The Hall–Kier alpha value is 0.1000. The van der Waals surface area contributed by atoms with E-state index in [1.165, 1.54) is 9.35 Å². The van der Waals surface area contributed by atoms with Crippen molar-refractivity contribution in [2.24, 2.45) is 11.3 Å². The second kappa shape index (κ2) is 4.75. The van der Waals surface area contributed by atoms with Gasteiger partial charge in [0.05, 0.1) is 0 Å². The first-order chi connectivity index (χ1) is 6.45. The molecule has 4 heteroatoms. The van der Waals surface area contributed by atoms with Crippen molar-refractivity contribution in [1.29, 1.82) is 0 Å². The highest BCUT2D eigenvalue weighted by Gasteiger charge is 2.24. The van der Waals surface area contributed by atoms with E-state index < -0.39 is 0 Å². The van der Waals surface area contributed by atoms with Crippen LogP contribution < -0.4 is 11.3 Å².